The van der Waals surface area contributed by atoms with Crippen molar-refractivity contribution in [1.82, 2.24) is 10.2 Å². The largest absolute Gasteiger partial charge is 0.461 e. The summed E-state index contributed by atoms with van der Waals surface area (Å²) in [6, 6.07) is -0.0384. The molecule has 0 aromatic carbocycles. The van der Waals surface area contributed by atoms with E-state index in [0.717, 1.165) is 71.0 Å². The number of ketones is 1. The Kier molecular flexibility index (Phi) is 9.05. The lowest BCUT2D eigenvalue weighted by molar-refractivity contribution is -0.205. The molecule has 5 rings (SSSR count). The monoisotopic (exact) mass is 588 g/mol. The van der Waals surface area contributed by atoms with Gasteiger partial charge in [0.15, 0.2) is 0 Å². The molecule has 1 amide bonds. The number of rotatable bonds is 6. The Morgan fingerprint density at radius 3 is 2.54 bits per heavy atom. The van der Waals surface area contributed by atoms with E-state index in [0.29, 0.717) is 18.1 Å². The molecule has 5 fully saturated rings. The number of aliphatic hydroxyl groups excluding tert-OH is 1. The third kappa shape index (κ3) is 5.43. The molecule has 2 unspecified atom stereocenters. The number of hydrogen-bond acceptors (Lipinski definition) is 7. The number of nitrogens with one attached hydrogen (secondary N) is 1. The molecule has 0 radical (unpaired) electrons. The van der Waals surface area contributed by atoms with Crippen LogP contribution in [0.15, 0.2) is 12.7 Å². The van der Waals surface area contributed by atoms with Crippen LogP contribution < -0.4 is 5.32 Å². The number of aliphatic hydroxyl groups is 1. The molecule has 2 bridgehead atoms. The van der Waals surface area contributed by atoms with Gasteiger partial charge < -0.3 is 20.1 Å². The third-order valence-electron chi connectivity index (χ3n) is 12.4. The van der Waals surface area contributed by atoms with Gasteiger partial charge in [-0.15, -0.1) is 18.3 Å². The molecule has 41 heavy (non-hydrogen) atoms. The Bertz CT molecular complexity index is 1020. The van der Waals surface area contributed by atoms with E-state index >= 15 is 0 Å². The van der Waals surface area contributed by atoms with Crippen LogP contribution in [0.2, 0.25) is 0 Å². The molecule has 8 heteroatoms. The molecule has 2 heterocycles. The first-order chi connectivity index (χ1) is 19.5. The summed E-state index contributed by atoms with van der Waals surface area (Å²) in [6.45, 7) is 15.1. The van der Waals surface area contributed by atoms with Crippen molar-refractivity contribution < 1.29 is 24.2 Å². The van der Waals surface area contributed by atoms with E-state index in [2.05, 4.69) is 32.7 Å². The summed E-state index contributed by atoms with van der Waals surface area (Å²) < 4.78 is 6.41. The standard InChI is InChI=1S/C33H52N2O5S/c1-6-31(4)19-26(32(5)21(2)10-14-33(22(3)29(31)38)15-11-25(36)28(32)33)40-27(37)20-41-23-12-17-35(18-13-23)30(39)24-9-7-8-16-34-24/h6,21-24,26,28-29,34,38H,1,7-20H2,2-5H3/t21-,22+,24?,26-,28?,29+,31-,32+,33+/m1/s1. The van der Waals surface area contributed by atoms with Crippen molar-refractivity contribution in [2.24, 2.45) is 34.0 Å². The van der Waals surface area contributed by atoms with Gasteiger partial charge in [-0.2, -0.15) is 0 Å². The average Bonchev–Trinajstić information content (AvgIpc) is 3.34. The lowest BCUT2D eigenvalue weighted by atomic mass is 9.44. The topological polar surface area (TPSA) is 95.9 Å². The molecular formula is C33H52N2O5S. The van der Waals surface area contributed by atoms with Gasteiger partial charge in [-0.25, -0.2) is 0 Å². The van der Waals surface area contributed by atoms with Crippen LogP contribution in [0.25, 0.3) is 0 Å². The first kappa shape index (κ1) is 31.1. The van der Waals surface area contributed by atoms with Crippen molar-refractivity contribution in [2.75, 3.05) is 25.4 Å². The van der Waals surface area contributed by atoms with Gasteiger partial charge in [-0.3, -0.25) is 14.4 Å². The SMILES string of the molecule is C=C[C@]1(C)C[C@@H](OC(=O)CSC2CCN(C(=O)C3CCCCN3)CC2)[C@@]2(C)C3C(=O)CC[C@@]3(CC[C@H]2C)[C@@H](C)[C@@H]1O. The number of thioether (sulfide) groups is 1. The number of likely N-dealkylation sites (tertiary alicyclic amines) is 1. The minimum absolute atomic E-state index is 0.0346. The van der Waals surface area contributed by atoms with E-state index in [9.17, 15) is 19.5 Å². The molecule has 2 saturated heterocycles. The molecule has 0 spiro atoms. The normalized spacial score (nSPS) is 43.5. The number of amides is 1. The summed E-state index contributed by atoms with van der Waals surface area (Å²) >= 11 is 1.64. The van der Waals surface area contributed by atoms with Crippen LogP contribution in [-0.2, 0) is 19.1 Å². The smallest absolute Gasteiger partial charge is 0.316 e. The highest BCUT2D eigenvalue weighted by atomic mass is 32.2. The highest BCUT2D eigenvalue weighted by molar-refractivity contribution is 8.00. The van der Waals surface area contributed by atoms with Crippen molar-refractivity contribution in [2.45, 2.75) is 115 Å². The number of hydrogen-bond donors (Lipinski definition) is 2. The zero-order chi connectivity index (χ0) is 29.6. The molecule has 230 valence electrons. The van der Waals surface area contributed by atoms with Gasteiger partial charge in [0.25, 0.3) is 0 Å². The summed E-state index contributed by atoms with van der Waals surface area (Å²) in [6.07, 6.45) is 9.38. The Labute approximate surface area is 251 Å². The first-order valence-electron chi connectivity index (χ1n) is 16.1. The zero-order valence-corrected chi connectivity index (χ0v) is 26.5. The van der Waals surface area contributed by atoms with Crippen LogP contribution >= 0.6 is 11.8 Å². The number of nitrogens with zero attached hydrogens (tertiary/aromatic N) is 1. The highest BCUT2D eigenvalue weighted by Gasteiger charge is 2.68. The molecule has 0 aromatic rings. The molecule has 5 aliphatic rings. The minimum Gasteiger partial charge on any atom is -0.461 e. The number of piperidine rings is 2. The number of Topliss-reactive ketones (excluding diaryl/α,β-unsaturated/α-hetero) is 1. The second-order valence-electron chi connectivity index (χ2n) is 14.4. The van der Waals surface area contributed by atoms with Gasteiger partial charge in [-0.1, -0.05) is 40.2 Å². The number of carbonyl (C=O) groups excluding carboxylic acids is 3. The predicted molar refractivity (Wildman–Crippen MR) is 162 cm³/mol. The fraction of sp³-hybridized carbons (Fsp3) is 0.848. The summed E-state index contributed by atoms with van der Waals surface area (Å²) in [7, 11) is 0. The Morgan fingerprint density at radius 1 is 1.15 bits per heavy atom. The van der Waals surface area contributed by atoms with Crippen LogP contribution in [0.1, 0.15) is 91.9 Å². The van der Waals surface area contributed by atoms with E-state index < -0.39 is 23.0 Å². The van der Waals surface area contributed by atoms with E-state index in [1.807, 2.05) is 17.9 Å². The molecule has 3 saturated carbocycles. The highest BCUT2D eigenvalue weighted by Crippen LogP contribution is 2.68. The first-order valence-corrected chi connectivity index (χ1v) is 17.2. The van der Waals surface area contributed by atoms with E-state index in [4.69, 9.17) is 4.74 Å². The molecule has 9 atom stereocenters. The van der Waals surface area contributed by atoms with Crippen molar-refractivity contribution in [3.05, 3.63) is 12.7 Å². The number of ether oxygens (including phenoxy) is 1. The minimum atomic E-state index is -0.654. The quantitative estimate of drug-likeness (QED) is 0.341. The summed E-state index contributed by atoms with van der Waals surface area (Å²) in [5.41, 5.74) is -1.36. The predicted octanol–water partition coefficient (Wildman–Crippen LogP) is 4.76. The second-order valence-corrected chi connectivity index (χ2v) is 15.7. The summed E-state index contributed by atoms with van der Waals surface area (Å²) in [5.74, 6) is 0.513. The number of esters is 1. The summed E-state index contributed by atoms with van der Waals surface area (Å²) in [5, 5.41) is 15.4. The average molecular weight is 589 g/mol. The molecule has 3 aliphatic carbocycles. The van der Waals surface area contributed by atoms with Gasteiger partial charge in [0, 0.05) is 41.5 Å². The van der Waals surface area contributed by atoms with Crippen molar-refractivity contribution >= 4 is 29.4 Å². The Morgan fingerprint density at radius 2 is 1.88 bits per heavy atom. The molecule has 2 aliphatic heterocycles. The maximum Gasteiger partial charge on any atom is 0.316 e. The zero-order valence-electron chi connectivity index (χ0n) is 25.7. The maximum absolute atomic E-state index is 13.6. The van der Waals surface area contributed by atoms with Crippen LogP contribution in [0, 0.1) is 34.0 Å². The van der Waals surface area contributed by atoms with E-state index in [-0.39, 0.29) is 52.6 Å². The maximum atomic E-state index is 13.6. The molecule has 0 aromatic heterocycles. The molecule has 2 N–H and O–H groups in total. The van der Waals surface area contributed by atoms with Crippen LogP contribution in [0.4, 0.5) is 0 Å². The fourth-order valence-electron chi connectivity index (χ4n) is 9.41. The van der Waals surface area contributed by atoms with Gasteiger partial charge in [0.1, 0.15) is 11.9 Å². The lowest BCUT2D eigenvalue weighted by Crippen LogP contribution is -2.63. The van der Waals surface area contributed by atoms with Crippen LogP contribution in [0.5, 0.6) is 0 Å². The van der Waals surface area contributed by atoms with Gasteiger partial charge in [0.05, 0.1) is 17.9 Å². The van der Waals surface area contributed by atoms with Gasteiger partial charge >= 0.3 is 5.97 Å². The van der Waals surface area contributed by atoms with Crippen molar-refractivity contribution in [1.29, 1.82) is 0 Å². The number of carbonyl (C=O) groups is 3. The molecule has 7 nitrogen and oxygen atoms in total. The van der Waals surface area contributed by atoms with E-state index in [1.165, 1.54) is 0 Å². The fourth-order valence-corrected chi connectivity index (χ4v) is 10.4. The van der Waals surface area contributed by atoms with Crippen molar-refractivity contribution in [3.8, 4) is 0 Å². The van der Waals surface area contributed by atoms with Crippen molar-refractivity contribution in [3.63, 3.8) is 0 Å². The van der Waals surface area contributed by atoms with Crippen LogP contribution in [-0.4, -0.2) is 76.6 Å². The molecular weight excluding hydrogens is 536 g/mol. The van der Waals surface area contributed by atoms with Gasteiger partial charge in [0.2, 0.25) is 5.91 Å². The Balaban J connectivity index is 1.26. The lowest BCUT2D eigenvalue weighted by Gasteiger charge is -2.61. The van der Waals surface area contributed by atoms with E-state index in [1.54, 1.807) is 11.8 Å². The second kappa shape index (κ2) is 12.0. The third-order valence-corrected chi connectivity index (χ3v) is 13.7. The van der Waals surface area contributed by atoms with Gasteiger partial charge in [-0.05, 0) is 75.2 Å². The van der Waals surface area contributed by atoms with Crippen LogP contribution in [0.3, 0.4) is 0 Å². The summed E-state index contributed by atoms with van der Waals surface area (Å²) in [4.78, 5) is 41.9. The Hall–Kier alpha value is -1.38.